The van der Waals surface area contributed by atoms with E-state index in [1.807, 2.05) is 30.9 Å². The highest BCUT2D eigenvalue weighted by molar-refractivity contribution is 6.09. The second-order valence-electron chi connectivity index (χ2n) is 11.3. The van der Waals surface area contributed by atoms with Gasteiger partial charge >= 0.3 is 6.18 Å². The number of halogens is 3. The number of amides is 2. The van der Waals surface area contributed by atoms with E-state index in [4.69, 9.17) is 4.74 Å². The first-order chi connectivity index (χ1) is 21.7. The Morgan fingerprint density at radius 2 is 1.74 bits per heavy atom. The van der Waals surface area contributed by atoms with Crippen molar-refractivity contribution in [1.82, 2.24) is 10.2 Å². The topological polar surface area (TPSA) is 129 Å². The minimum atomic E-state index is -4.67. The summed E-state index contributed by atoms with van der Waals surface area (Å²) < 4.78 is 46.4. The van der Waals surface area contributed by atoms with Crippen molar-refractivity contribution < 1.29 is 32.4 Å². The Morgan fingerprint density at radius 3 is 2.39 bits per heavy atom. The molecular formula is C32H37F3N6O5. The molecule has 1 saturated heterocycles. The van der Waals surface area contributed by atoms with Gasteiger partial charge in [0, 0.05) is 55.4 Å². The van der Waals surface area contributed by atoms with Gasteiger partial charge in [-0.05, 0) is 81.5 Å². The number of nitro groups is 1. The number of benzene rings is 3. The number of ether oxygens (including phenoxy) is 1. The molecule has 3 N–H and O–H groups in total. The van der Waals surface area contributed by atoms with E-state index in [1.54, 1.807) is 25.1 Å². The van der Waals surface area contributed by atoms with Crippen LogP contribution in [0.1, 0.15) is 49.9 Å². The van der Waals surface area contributed by atoms with E-state index in [2.05, 4.69) is 16.0 Å². The van der Waals surface area contributed by atoms with Gasteiger partial charge in [-0.25, -0.2) is 0 Å². The maximum absolute atomic E-state index is 13.6. The smallest absolute Gasteiger partial charge is 0.375 e. The lowest BCUT2D eigenvalue weighted by molar-refractivity contribution is -0.385. The molecule has 1 unspecified atom stereocenters. The molecular weight excluding hydrogens is 605 g/mol. The lowest BCUT2D eigenvalue weighted by Crippen LogP contribution is -2.34. The molecule has 2 amide bonds. The normalized spacial score (nSPS) is 15.0. The van der Waals surface area contributed by atoms with Gasteiger partial charge in [-0.3, -0.25) is 19.7 Å². The van der Waals surface area contributed by atoms with Crippen LogP contribution in [-0.4, -0.2) is 75.6 Å². The maximum atomic E-state index is 13.6. The highest BCUT2D eigenvalue weighted by Crippen LogP contribution is 2.34. The van der Waals surface area contributed by atoms with Crippen LogP contribution in [0.15, 0.2) is 54.6 Å². The molecule has 1 aliphatic heterocycles. The summed E-state index contributed by atoms with van der Waals surface area (Å²) in [6.07, 6.45) is -4.45. The highest BCUT2D eigenvalue weighted by Gasteiger charge is 2.33. The van der Waals surface area contributed by atoms with Crippen LogP contribution < -0.4 is 20.9 Å². The van der Waals surface area contributed by atoms with Gasteiger partial charge < -0.3 is 30.5 Å². The molecule has 4 rings (SSSR count). The monoisotopic (exact) mass is 642 g/mol. The van der Waals surface area contributed by atoms with Crippen LogP contribution in [-0.2, 0) is 10.9 Å². The summed E-state index contributed by atoms with van der Waals surface area (Å²) in [7, 11) is 5.76. The predicted molar refractivity (Wildman–Crippen MR) is 170 cm³/mol. The summed E-state index contributed by atoms with van der Waals surface area (Å²) in [6.45, 7) is 4.44. The number of nitrogens with zero attached hydrogens (tertiary/aromatic N) is 3. The maximum Gasteiger partial charge on any atom is 0.416 e. The van der Waals surface area contributed by atoms with Crippen molar-refractivity contribution in [3.8, 4) is 0 Å². The number of alkyl halides is 3. The third kappa shape index (κ3) is 8.59. The van der Waals surface area contributed by atoms with Crippen LogP contribution >= 0.6 is 0 Å². The Morgan fingerprint density at radius 1 is 1.00 bits per heavy atom. The predicted octanol–water partition coefficient (Wildman–Crippen LogP) is 5.48. The molecule has 1 aliphatic rings. The molecule has 1 atom stereocenters. The molecule has 0 bridgehead atoms. The zero-order chi connectivity index (χ0) is 33.6. The van der Waals surface area contributed by atoms with Gasteiger partial charge in [0.25, 0.3) is 17.5 Å². The largest absolute Gasteiger partial charge is 0.416 e. The number of aryl methyl sites for hydroxylation is 1. The van der Waals surface area contributed by atoms with Crippen LogP contribution in [0.4, 0.5) is 35.9 Å². The number of rotatable bonds is 11. The molecule has 0 aliphatic carbocycles. The minimum absolute atomic E-state index is 0.148. The van der Waals surface area contributed by atoms with Gasteiger partial charge in [0.05, 0.1) is 23.2 Å². The first-order valence-corrected chi connectivity index (χ1v) is 14.7. The number of nitrogens with one attached hydrogen (secondary N) is 3. The summed E-state index contributed by atoms with van der Waals surface area (Å²) in [5, 5.41) is 20.2. The van der Waals surface area contributed by atoms with Gasteiger partial charge in [-0.1, -0.05) is 12.1 Å². The van der Waals surface area contributed by atoms with E-state index in [0.717, 1.165) is 25.1 Å². The lowest BCUT2D eigenvalue weighted by atomic mass is 9.97. The fourth-order valence-electron chi connectivity index (χ4n) is 5.05. The van der Waals surface area contributed by atoms with Crippen molar-refractivity contribution >= 4 is 34.6 Å². The number of morpholine rings is 1. The van der Waals surface area contributed by atoms with Crippen molar-refractivity contribution in [2.45, 2.75) is 25.6 Å². The summed E-state index contributed by atoms with van der Waals surface area (Å²) in [4.78, 5) is 41.9. The Hall–Kier alpha value is -4.53. The standard InChI is InChI=1S/C32H37F3N6O5/c1-20-6-8-22(37-30(42)25-16-21(32(33,34)35)7-10-24(25)29-19-36-12-15-46-29)17-27(20)38-31(43)26-18-23(9-11-28(26)41(44)45)40(4)14-5-13-39(2)3/h6-11,16-18,29,36H,5,12-15,19H2,1-4H3,(H,37,42)(H,38,43). The first-order valence-electron chi connectivity index (χ1n) is 14.7. The minimum Gasteiger partial charge on any atom is -0.375 e. The molecule has 46 heavy (non-hydrogen) atoms. The lowest BCUT2D eigenvalue weighted by Gasteiger charge is -2.26. The van der Waals surface area contributed by atoms with Crippen LogP contribution in [0.25, 0.3) is 0 Å². The molecule has 3 aromatic carbocycles. The van der Waals surface area contributed by atoms with E-state index < -0.39 is 34.6 Å². The Labute approximate surface area is 264 Å². The summed E-state index contributed by atoms with van der Waals surface area (Å²) in [6, 6.07) is 11.9. The van der Waals surface area contributed by atoms with Gasteiger partial charge in [0.1, 0.15) is 5.56 Å². The van der Waals surface area contributed by atoms with Crippen LogP contribution in [0.2, 0.25) is 0 Å². The van der Waals surface area contributed by atoms with Crippen molar-refractivity contribution in [2.24, 2.45) is 0 Å². The first kappa shape index (κ1) is 34.3. The van der Waals surface area contributed by atoms with E-state index in [1.165, 1.54) is 24.3 Å². The average molecular weight is 643 g/mol. The Kier molecular flexibility index (Phi) is 11.0. The van der Waals surface area contributed by atoms with Crippen LogP contribution in [0.3, 0.4) is 0 Å². The van der Waals surface area contributed by atoms with E-state index in [-0.39, 0.29) is 28.2 Å². The average Bonchev–Trinajstić information content (AvgIpc) is 3.01. The van der Waals surface area contributed by atoms with Gasteiger partial charge in [-0.15, -0.1) is 0 Å². The summed E-state index contributed by atoms with van der Waals surface area (Å²) in [5.41, 5.74) is 0.274. The van der Waals surface area contributed by atoms with Crippen molar-refractivity contribution in [3.63, 3.8) is 0 Å². The zero-order valence-corrected chi connectivity index (χ0v) is 26.0. The van der Waals surface area contributed by atoms with E-state index in [9.17, 15) is 32.9 Å². The fraction of sp³-hybridized carbons (Fsp3) is 0.375. The van der Waals surface area contributed by atoms with Crippen molar-refractivity contribution in [1.29, 1.82) is 0 Å². The second-order valence-corrected chi connectivity index (χ2v) is 11.3. The molecule has 1 heterocycles. The molecule has 14 heteroatoms. The van der Waals surface area contributed by atoms with Crippen LogP contribution in [0, 0.1) is 17.0 Å². The molecule has 3 aromatic rings. The number of hydrogen-bond acceptors (Lipinski definition) is 8. The van der Waals surface area contributed by atoms with Gasteiger partial charge in [0.15, 0.2) is 0 Å². The van der Waals surface area contributed by atoms with E-state index in [0.29, 0.717) is 43.1 Å². The SMILES string of the molecule is Cc1ccc(NC(=O)c2cc(C(F)(F)F)ccc2C2CNCCO2)cc1NC(=O)c1cc(N(C)CCCN(C)C)ccc1[N+](=O)[O-]. The second kappa shape index (κ2) is 14.7. The number of anilines is 3. The van der Waals surface area contributed by atoms with Gasteiger partial charge in [0.2, 0.25) is 0 Å². The number of hydrogen-bond donors (Lipinski definition) is 3. The zero-order valence-electron chi connectivity index (χ0n) is 26.0. The van der Waals surface area contributed by atoms with Crippen LogP contribution in [0.5, 0.6) is 0 Å². The molecule has 0 saturated carbocycles. The molecule has 11 nitrogen and oxygen atoms in total. The number of carbonyl (C=O) groups is 2. The summed E-state index contributed by atoms with van der Waals surface area (Å²) in [5.74, 6) is -1.53. The quantitative estimate of drug-likeness (QED) is 0.186. The molecule has 0 spiro atoms. The summed E-state index contributed by atoms with van der Waals surface area (Å²) >= 11 is 0. The third-order valence-electron chi connectivity index (χ3n) is 7.60. The Bertz CT molecular complexity index is 1590. The van der Waals surface area contributed by atoms with Gasteiger partial charge in [-0.2, -0.15) is 13.2 Å². The van der Waals surface area contributed by atoms with Crippen molar-refractivity contribution in [2.75, 3.05) is 69.5 Å². The Balaban J connectivity index is 1.58. The third-order valence-corrected chi connectivity index (χ3v) is 7.60. The van der Waals surface area contributed by atoms with Crippen molar-refractivity contribution in [3.05, 3.63) is 92.5 Å². The number of nitro benzene ring substituents is 1. The number of carbonyl (C=O) groups excluding carboxylic acids is 2. The molecule has 246 valence electrons. The molecule has 1 fully saturated rings. The van der Waals surface area contributed by atoms with E-state index >= 15 is 0 Å². The fourth-order valence-corrected chi connectivity index (χ4v) is 5.05. The molecule has 0 radical (unpaired) electrons. The highest BCUT2D eigenvalue weighted by atomic mass is 19.4. The molecule has 0 aromatic heterocycles.